The van der Waals surface area contributed by atoms with Crippen LogP contribution in [-0.4, -0.2) is 23.8 Å². The molecule has 0 fully saturated rings. The molecule has 0 amide bonds. The minimum Gasteiger partial charge on any atom is -0.497 e. The third-order valence-electron chi connectivity index (χ3n) is 3.19. The maximum Gasteiger partial charge on any atom is 0.119 e. The van der Waals surface area contributed by atoms with Crippen LogP contribution < -0.4 is 10.1 Å². The number of methoxy groups -OCH3 is 1. The number of aliphatic hydroxyl groups is 1. The molecule has 1 atom stereocenters. The predicted octanol–water partition coefficient (Wildman–Crippen LogP) is 2.59. The second kappa shape index (κ2) is 6.83. The summed E-state index contributed by atoms with van der Waals surface area (Å²) in [6.45, 7) is 4.77. The third kappa shape index (κ3) is 3.56. The lowest BCUT2D eigenvalue weighted by Crippen LogP contribution is -2.23. The summed E-state index contributed by atoms with van der Waals surface area (Å²) in [6.07, 6.45) is 0. The molecule has 5 heteroatoms. The average molecular weight is 292 g/mol. The molecule has 1 aromatic heterocycles. The number of hydrogen-bond acceptors (Lipinski definition) is 5. The van der Waals surface area contributed by atoms with Gasteiger partial charge in [0.05, 0.1) is 30.5 Å². The lowest BCUT2D eigenvalue weighted by Gasteiger charge is -2.17. The van der Waals surface area contributed by atoms with Gasteiger partial charge in [0.2, 0.25) is 0 Å². The minimum atomic E-state index is -0.105. The van der Waals surface area contributed by atoms with Gasteiger partial charge in [0.1, 0.15) is 5.75 Å². The molecule has 4 nitrogen and oxygen atoms in total. The van der Waals surface area contributed by atoms with Crippen LogP contribution in [0.4, 0.5) is 0 Å². The summed E-state index contributed by atoms with van der Waals surface area (Å²) in [5.74, 6) is 0.799. The summed E-state index contributed by atoms with van der Waals surface area (Å²) < 4.78 is 5.22. The predicted molar refractivity (Wildman–Crippen MR) is 81.2 cm³/mol. The van der Waals surface area contributed by atoms with Crippen molar-refractivity contribution in [3.05, 3.63) is 45.4 Å². The Morgan fingerprint density at radius 3 is 2.80 bits per heavy atom. The van der Waals surface area contributed by atoms with Gasteiger partial charge in [-0.05, 0) is 31.5 Å². The van der Waals surface area contributed by atoms with Crippen molar-refractivity contribution in [1.29, 1.82) is 0 Å². The van der Waals surface area contributed by atoms with Crippen molar-refractivity contribution >= 4 is 11.3 Å². The Morgan fingerprint density at radius 1 is 1.40 bits per heavy atom. The van der Waals surface area contributed by atoms with Gasteiger partial charge in [-0.2, -0.15) is 0 Å². The fourth-order valence-corrected chi connectivity index (χ4v) is 2.99. The van der Waals surface area contributed by atoms with Gasteiger partial charge in [0, 0.05) is 11.4 Å². The highest BCUT2D eigenvalue weighted by molar-refractivity contribution is 7.11. The largest absolute Gasteiger partial charge is 0.497 e. The highest BCUT2D eigenvalue weighted by Gasteiger charge is 2.12. The Balaban J connectivity index is 2.07. The number of nitrogens with zero attached hydrogens (tertiary/aromatic N) is 1. The van der Waals surface area contributed by atoms with Gasteiger partial charge in [-0.15, -0.1) is 11.3 Å². The second-order valence-corrected chi connectivity index (χ2v) is 5.92. The van der Waals surface area contributed by atoms with Crippen molar-refractivity contribution in [2.24, 2.45) is 0 Å². The van der Waals surface area contributed by atoms with Crippen LogP contribution in [0.25, 0.3) is 0 Å². The first-order valence-electron chi connectivity index (χ1n) is 6.55. The lowest BCUT2D eigenvalue weighted by atomic mass is 10.1. The fourth-order valence-electron chi connectivity index (χ4n) is 2.10. The summed E-state index contributed by atoms with van der Waals surface area (Å²) in [4.78, 5) is 5.62. The zero-order valence-electron chi connectivity index (χ0n) is 12.0. The smallest absolute Gasteiger partial charge is 0.119 e. The number of nitrogens with one attached hydrogen (secondary N) is 1. The summed E-state index contributed by atoms with van der Waals surface area (Å²) in [5.41, 5.74) is 2.08. The number of rotatable bonds is 6. The number of aryl methyl sites for hydroxylation is 2. The van der Waals surface area contributed by atoms with Crippen LogP contribution >= 0.6 is 11.3 Å². The first-order chi connectivity index (χ1) is 9.63. The summed E-state index contributed by atoms with van der Waals surface area (Å²) >= 11 is 1.69. The molecule has 0 aliphatic carbocycles. The molecule has 1 aromatic carbocycles. The molecule has 0 aliphatic rings. The molecule has 1 unspecified atom stereocenters. The van der Waals surface area contributed by atoms with Gasteiger partial charge in [0.15, 0.2) is 0 Å². The Bertz CT molecular complexity index is 569. The standard InChI is InChI=1S/C15H20N2O2S/c1-10-15(20-11(2)17-10)8-16-14(9-18)12-5-4-6-13(7-12)19-3/h4-7,14,16,18H,8-9H2,1-3H3. The van der Waals surface area contributed by atoms with Crippen LogP contribution in [0.15, 0.2) is 24.3 Å². The topological polar surface area (TPSA) is 54.4 Å². The Morgan fingerprint density at radius 2 is 2.20 bits per heavy atom. The zero-order valence-corrected chi connectivity index (χ0v) is 12.8. The molecule has 0 bridgehead atoms. The normalized spacial score (nSPS) is 12.4. The molecule has 0 aliphatic heterocycles. The van der Waals surface area contributed by atoms with E-state index in [1.165, 1.54) is 4.88 Å². The van der Waals surface area contributed by atoms with E-state index in [1.54, 1.807) is 18.4 Å². The van der Waals surface area contributed by atoms with Gasteiger partial charge < -0.3 is 15.2 Å². The van der Waals surface area contributed by atoms with Crippen LogP contribution in [-0.2, 0) is 6.54 Å². The van der Waals surface area contributed by atoms with E-state index in [0.29, 0.717) is 6.54 Å². The molecular weight excluding hydrogens is 272 g/mol. The molecule has 2 rings (SSSR count). The van der Waals surface area contributed by atoms with Crippen LogP contribution in [0.1, 0.15) is 27.2 Å². The quantitative estimate of drug-likeness (QED) is 0.859. The maximum absolute atomic E-state index is 9.58. The van der Waals surface area contributed by atoms with Crippen LogP contribution in [0.3, 0.4) is 0 Å². The van der Waals surface area contributed by atoms with E-state index in [1.807, 2.05) is 38.1 Å². The SMILES string of the molecule is COc1cccc(C(CO)NCc2sc(C)nc2C)c1. The van der Waals surface area contributed by atoms with Gasteiger partial charge in [-0.1, -0.05) is 12.1 Å². The van der Waals surface area contributed by atoms with Crippen LogP contribution in [0.5, 0.6) is 5.75 Å². The van der Waals surface area contributed by atoms with E-state index in [2.05, 4.69) is 10.3 Å². The molecule has 20 heavy (non-hydrogen) atoms. The van der Waals surface area contributed by atoms with Crippen LogP contribution in [0, 0.1) is 13.8 Å². The van der Waals surface area contributed by atoms with Gasteiger partial charge in [0.25, 0.3) is 0 Å². The molecule has 2 N–H and O–H groups in total. The first-order valence-corrected chi connectivity index (χ1v) is 7.36. The number of benzene rings is 1. The fraction of sp³-hybridized carbons (Fsp3) is 0.400. The van der Waals surface area contributed by atoms with Crippen molar-refractivity contribution in [3.8, 4) is 5.75 Å². The Hall–Kier alpha value is -1.43. The zero-order chi connectivity index (χ0) is 14.5. The van der Waals surface area contributed by atoms with Crippen molar-refractivity contribution < 1.29 is 9.84 Å². The minimum absolute atomic E-state index is 0.0456. The number of aromatic nitrogens is 1. The van der Waals surface area contributed by atoms with Gasteiger partial charge in [-0.3, -0.25) is 0 Å². The van der Waals surface area contributed by atoms with Gasteiger partial charge in [-0.25, -0.2) is 4.98 Å². The number of hydrogen-bond donors (Lipinski definition) is 2. The van der Waals surface area contributed by atoms with Crippen molar-refractivity contribution in [2.45, 2.75) is 26.4 Å². The van der Waals surface area contributed by atoms with E-state index >= 15 is 0 Å². The van der Waals surface area contributed by atoms with E-state index in [0.717, 1.165) is 22.0 Å². The van der Waals surface area contributed by atoms with Crippen LogP contribution in [0.2, 0.25) is 0 Å². The maximum atomic E-state index is 9.58. The molecule has 2 aromatic rings. The highest BCUT2D eigenvalue weighted by atomic mass is 32.1. The number of ether oxygens (including phenoxy) is 1. The average Bonchev–Trinajstić information content (AvgIpc) is 2.78. The number of aliphatic hydroxyl groups excluding tert-OH is 1. The summed E-state index contributed by atoms with van der Waals surface area (Å²) in [6, 6.07) is 7.65. The van der Waals surface area contributed by atoms with E-state index in [9.17, 15) is 5.11 Å². The molecule has 1 heterocycles. The molecule has 0 saturated carbocycles. The van der Waals surface area contributed by atoms with E-state index in [4.69, 9.17) is 4.74 Å². The monoisotopic (exact) mass is 292 g/mol. The highest BCUT2D eigenvalue weighted by Crippen LogP contribution is 2.21. The summed E-state index contributed by atoms with van der Waals surface area (Å²) in [5, 5.41) is 14.0. The third-order valence-corrected chi connectivity index (χ3v) is 4.26. The molecule has 0 radical (unpaired) electrons. The first kappa shape index (κ1) is 15.0. The number of thiazole rings is 1. The van der Waals surface area contributed by atoms with Crippen molar-refractivity contribution in [3.63, 3.8) is 0 Å². The van der Waals surface area contributed by atoms with Crippen molar-refractivity contribution in [2.75, 3.05) is 13.7 Å². The van der Waals surface area contributed by atoms with Gasteiger partial charge >= 0.3 is 0 Å². The van der Waals surface area contributed by atoms with E-state index in [-0.39, 0.29) is 12.6 Å². The molecule has 0 spiro atoms. The summed E-state index contributed by atoms with van der Waals surface area (Å²) in [7, 11) is 1.64. The second-order valence-electron chi connectivity index (χ2n) is 4.63. The molecule has 0 saturated heterocycles. The lowest BCUT2D eigenvalue weighted by molar-refractivity contribution is 0.243. The Kier molecular flexibility index (Phi) is 5.11. The van der Waals surface area contributed by atoms with E-state index < -0.39 is 0 Å². The Labute approximate surface area is 123 Å². The van der Waals surface area contributed by atoms with Crippen molar-refractivity contribution in [1.82, 2.24) is 10.3 Å². The molecular formula is C15H20N2O2S. The molecule has 108 valence electrons.